The molecule has 0 aliphatic carbocycles. The molecule has 1 unspecified atom stereocenters. The number of nitrogens with two attached hydrogens (primary N) is 1. The van der Waals surface area contributed by atoms with Gasteiger partial charge in [-0.2, -0.15) is 0 Å². The van der Waals surface area contributed by atoms with Crippen molar-refractivity contribution in [2.75, 3.05) is 0 Å². The fourth-order valence-electron chi connectivity index (χ4n) is 2.23. The van der Waals surface area contributed by atoms with E-state index in [-0.39, 0.29) is 6.04 Å². The maximum Gasteiger partial charge on any atom is 0.130 e. The summed E-state index contributed by atoms with van der Waals surface area (Å²) in [6.45, 7) is 1.61. The van der Waals surface area contributed by atoms with E-state index in [1.54, 1.807) is 6.92 Å². The van der Waals surface area contributed by atoms with Gasteiger partial charge >= 0.3 is 0 Å². The van der Waals surface area contributed by atoms with E-state index < -0.39 is 11.6 Å². The average Bonchev–Trinajstić information content (AvgIpc) is 2.46. The zero-order chi connectivity index (χ0) is 14.5. The van der Waals surface area contributed by atoms with Gasteiger partial charge in [-0.05, 0) is 37.0 Å². The molecule has 0 bridgehead atoms. The highest BCUT2D eigenvalue weighted by Crippen LogP contribution is 2.24. The van der Waals surface area contributed by atoms with Crippen LogP contribution < -0.4 is 11.3 Å². The Labute approximate surface area is 117 Å². The van der Waals surface area contributed by atoms with Crippen molar-refractivity contribution in [3.05, 3.63) is 70.8 Å². The summed E-state index contributed by atoms with van der Waals surface area (Å²) in [7, 11) is 0. The first kappa shape index (κ1) is 14.6. The lowest BCUT2D eigenvalue weighted by Crippen LogP contribution is -2.29. The molecular weight excluding hydrogens is 258 g/mol. The van der Waals surface area contributed by atoms with Crippen molar-refractivity contribution >= 4 is 0 Å². The maximum absolute atomic E-state index is 13.9. The van der Waals surface area contributed by atoms with Crippen molar-refractivity contribution in [1.29, 1.82) is 0 Å². The second-order valence-electron chi connectivity index (χ2n) is 4.87. The molecule has 20 heavy (non-hydrogen) atoms. The molecule has 0 heterocycles. The molecule has 2 nitrogen and oxygen atoms in total. The minimum absolute atomic E-state index is 0.338. The van der Waals surface area contributed by atoms with Crippen LogP contribution in [0.3, 0.4) is 0 Å². The lowest BCUT2D eigenvalue weighted by Gasteiger charge is -2.18. The number of hydrogen-bond donors (Lipinski definition) is 2. The fraction of sp³-hybridized carbons (Fsp3) is 0.250. The van der Waals surface area contributed by atoms with Crippen LogP contribution in [0.2, 0.25) is 0 Å². The van der Waals surface area contributed by atoms with Crippen LogP contribution in [0, 0.1) is 18.6 Å². The third-order valence-corrected chi connectivity index (χ3v) is 3.42. The molecule has 0 amide bonds. The van der Waals surface area contributed by atoms with Crippen LogP contribution in [0.4, 0.5) is 8.78 Å². The Morgan fingerprint density at radius 2 is 1.80 bits per heavy atom. The number of hydrazine groups is 1. The van der Waals surface area contributed by atoms with Crippen molar-refractivity contribution in [3.63, 3.8) is 0 Å². The molecule has 0 spiro atoms. The summed E-state index contributed by atoms with van der Waals surface area (Å²) in [5.74, 6) is 4.41. The van der Waals surface area contributed by atoms with Gasteiger partial charge in [-0.25, -0.2) is 8.78 Å². The van der Waals surface area contributed by atoms with Crippen molar-refractivity contribution in [2.24, 2.45) is 5.84 Å². The van der Waals surface area contributed by atoms with Crippen LogP contribution >= 0.6 is 0 Å². The first-order valence-electron chi connectivity index (χ1n) is 6.57. The molecule has 4 heteroatoms. The number of aryl methyl sites for hydroxylation is 2. The normalized spacial score (nSPS) is 12.4. The van der Waals surface area contributed by atoms with E-state index in [0.717, 1.165) is 18.1 Å². The van der Waals surface area contributed by atoms with E-state index in [9.17, 15) is 8.78 Å². The zero-order valence-electron chi connectivity index (χ0n) is 11.4. The van der Waals surface area contributed by atoms with Crippen molar-refractivity contribution in [1.82, 2.24) is 5.43 Å². The second-order valence-corrected chi connectivity index (χ2v) is 4.87. The summed E-state index contributed by atoms with van der Waals surface area (Å²) in [5, 5.41) is 0. The molecule has 0 aliphatic rings. The summed E-state index contributed by atoms with van der Waals surface area (Å²) < 4.78 is 27.1. The summed E-state index contributed by atoms with van der Waals surface area (Å²) >= 11 is 0. The lowest BCUT2D eigenvalue weighted by atomic mass is 9.97. The first-order chi connectivity index (χ1) is 9.61. The molecule has 0 aromatic heterocycles. The maximum atomic E-state index is 13.9. The molecule has 2 aromatic rings. The molecule has 0 fully saturated rings. The molecule has 0 saturated carbocycles. The summed E-state index contributed by atoms with van der Waals surface area (Å²) in [4.78, 5) is 0. The quantitative estimate of drug-likeness (QED) is 0.649. The number of benzene rings is 2. The van der Waals surface area contributed by atoms with Gasteiger partial charge in [0.15, 0.2) is 0 Å². The Balaban J connectivity index is 2.14. The molecule has 2 aromatic carbocycles. The van der Waals surface area contributed by atoms with E-state index in [4.69, 9.17) is 5.84 Å². The van der Waals surface area contributed by atoms with E-state index in [1.807, 2.05) is 30.3 Å². The Hall–Kier alpha value is -1.78. The fourth-order valence-corrected chi connectivity index (χ4v) is 2.23. The molecule has 0 saturated heterocycles. The summed E-state index contributed by atoms with van der Waals surface area (Å²) in [6, 6.07) is 12.0. The largest absolute Gasteiger partial charge is 0.271 e. The molecule has 2 rings (SSSR count). The zero-order valence-corrected chi connectivity index (χ0v) is 11.4. The van der Waals surface area contributed by atoms with E-state index >= 15 is 0 Å². The van der Waals surface area contributed by atoms with E-state index in [0.29, 0.717) is 17.5 Å². The van der Waals surface area contributed by atoms with Crippen LogP contribution in [-0.2, 0) is 6.42 Å². The topological polar surface area (TPSA) is 38.0 Å². The van der Waals surface area contributed by atoms with Crippen LogP contribution in [0.5, 0.6) is 0 Å². The van der Waals surface area contributed by atoms with Gasteiger partial charge in [0.05, 0.1) is 0 Å². The first-order valence-corrected chi connectivity index (χ1v) is 6.57. The summed E-state index contributed by atoms with van der Waals surface area (Å²) in [6.07, 6.45) is 1.41. The van der Waals surface area contributed by atoms with E-state index in [1.165, 1.54) is 6.07 Å². The average molecular weight is 276 g/mol. The Morgan fingerprint density at radius 3 is 2.45 bits per heavy atom. The Morgan fingerprint density at radius 1 is 1.10 bits per heavy atom. The van der Waals surface area contributed by atoms with Crippen molar-refractivity contribution < 1.29 is 8.78 Å². The molecule has 1 atom stereocenters. The van der Waals surface area contributed by atoms with Gasteiger partial charge in [0.25, 0.3) is 0 Å². The number of halogens is 2. The van der Waals surface area contributed by atoms with Crippen molar-refractivity contribution in [2.45, 2.75) is 25.8 Å². The van der Waals surface area contributed by atoms with Gasteiger partial charge in [0.1, 0.15) is 11.6 Å². The minimum Gasteiger partial charge on any atom is -0.271 e. The van der Waals surface area contributed by atoms with Gasteiger partial charge in [-0.15, -0.1) is 0 Å². The van der Waals surface area contributed by atoms with Gasteiger partial charge in [-0.1, -0.05) is 30.3 Å². The third-order valence-electron chi connectivity index (χ3n) is 3.42. The van der Waals surface area contributed by atoms with Gasteiger partial charge in [0.2, 0.25) is 0 Å². The summed E-state index contributed by atoms with van der Waals surface area (Å²) in [5.41, 5.74) is 4.60. The van der Waals surface area contributed by atoms with Crippen LogP contribution in [0.1, 0.15) is 29.2 Å². The molecule has 0 aliphatic heterocycles. The number of nitrogens with one attached hydrogen (secondary N) is 1. The molecular formula is C16H18F2N2. The van der Waals surface area contributed by atoms with Crippen molar-refractivity contribution in [3.8, 4) is 0 Å². The predicted molar refractivity (Wildman–Crippen MR) is 75.9 cm³/mol. The monoisotopic (exact) mass is 276 g/mol. The Kier molecular flexibility index (Phi) is 4.82. The highest BCUT2D eigenvalue weighted by molar-refractivity contribution is 5.28. The Bertz CT molecular complexity index is 570. The van der Waals surface area contributed by atoms with Gasteiger partial charge in [-0.3, -0.25) is 11.3 Å². The highest BCUT2D eigenvalue weighted by Gasteiger charge is 2.16. The minimum atomic E-state index is -0.566. The number of hydrogen-bond acceptors (Lipinski definition) is 2. The smallest absolute Gasteiger partial charge is 0.130 e. The standard InChI is InChI=1S/C16H18F2N2/c1-11-9-13(15(18)10-14(11)17)16(20-19)8-7-12-5-3-2-4-6-12/h2-6,9-10,16,20H,7-8,19H2,1H3. The molecule has 3 N–H and O–H groups in total. The SMILES string of the molecule is Cc1cc(C(CCc2ccccc2)NN)c(F)cc1F. The molecule has 0 radical (unpaired) electrons. The van der Waals surface area contributed by atoms with Crippen LogP contribution in [-0.4, -0.2) is 0 Å². The van der Waals surface area contributed by atoms with Gasteiger partial charge in [0, 0.05) is 17.7 Å². The molecule has 106 valence electrons. The van der Waals surface area contributed by atoms with Gasteiger partial charge < -0.3 is 0 Å². The highest BCUT2D eigenvalue weighted by atomic mass is 19.1. The van der Waals surface area contributed by atoms with Crippen LogP contribution in [0.15, 0.2) is 42.5 Å². The predicted octanol–water partition coefficient (Wildman–Crippen LogP) is 3.41. The lowest BCUT2D eigenvalue weighted by molar-refractivity contribution is 0.479. The number of rotatable bonds is 5. The van der Waals surface area contributed by atoms with Crippen LogP contribution in [0.25, 0.3) is 0 Å². The third kappa shape index (κ3) is 3.40. The van der Waals surface area contributed by atoms with E-state index in [2.05, 4.69) is 5.43 Å². The second kappa shape index (κ2) is 6.59.